The first-order chi connectivity index (χ1) is 8.04. The predicted molar refractivity (Wildman–Crippen MR) is 67.8 cm³/mol. The SMILES string of the molecule is Cc1cc(C)cc(Nc2nnc(C(C)Cl)o2)c1. The van der Waals surface area contributed by atoms with Crippen LogP contribution in [0.15, 0.2) is 22.6 Å². The molecule has 0 aliphatic rings. The van der Waals surface area contributed by atoms with Crippen molar-refractivity contribution >= 4 is 23.3 Å². The highest BCUT2D eigenvalue weighted by atomic mass is 35.5. The van der Waals surface area contributed by atoms with E-state index in [0.29, 0.717) is 11.9 Å². The van der Waals surface area contributed by atoms with Crippen LogP contribution < -0.4 is 5.32 Å². The summed E-state index contributed by atoms with van der Waals surface area (Å²) in [6.45, 7) is 5.87. The minimum absolute atomic E-state index is 0.280. The average molecular weight is 252 g/mol. The number of nitrogens with one attached hydrogen (secondary N) is 1. The Bertz CT molecular complexity index is 502. The maximum Gasteiger partial charge on any atom is 0.320 e. The molecule has 1 aromatic carbocycles. The number of aryl methyl sites for hydroxylation is 2. The standard InChI is InChI=1S/C12H14ClN3O/c1-7-4-8(2)6-10(5-7)14-12-16-15-11(17-12)9(3)13/h4-6,9H,1-3H3,(H,14,16). The molecular weight excluding hydrogens is 238 g/mol. The highest BCUT2D eigenvalue weighted by Gasteiger charge is 2.11. The van der Waals surface area contributed by atoms with Crippen LogP contribution in [0.25, 0.3) is 0 Å². The Balaban J connectivity index is 2.19. The zero-order valence-corrected chi connectivity index (χ0v) is 10.7. The molecule has 17 heavy (non-hydrogen) atoms. The first kappa shape index (κ1) is 11.9. The molecule has 0 spiro atoms. The Morgan fingerprint density at radius 3 is 2.35 bits per heavy atom. The molecule has 1 heterocycles. The molecule has 2 aromatic rings. The van der Waals surface area contributed by atoms with Crippen molar-refractivity contribution < 1.29 is 4.42 Å². The van der Waals surface area contributed by atoms with Gasteiger partial charge in [-0.25, -0.2) is 0 Å². The Kier molecular flexibility index (Phi) is 3.33. The van der Waals surface area contributed by atoms with Gasteiger partial charge in [0.1, 0.15) is 5.38 Å². The van der Waals surface area contributed by atoms with Crippen molar-refractivity contribution in [2.75, 3.05) is 5.32 Å². The lowest BCUT2D eigenvalue weighted by Crippen LogP contribution is -1.91. The average Bonchev–Trinajstić information content (AvgIpc) is 2.64. The molecule has 4 nitrogen and oxygen atoms in total. The van der Waals surface area contributed by atoms with Crippen molar-refractivity contribution in [1.82, 2.24) is 10.2 Å². The number of hydrogen-bond donors (Lipinski definition) is 1. The van der Waals surface area contributed by atoms with Crippen molar-refractivity contribution in [2.24, 2.45) is 0 Å². The van der Waals surface area contributed by atoms with Gasteiger partial charge < -0.3 is 9.73 Å². The van der Waals surface area contributed by atoms with Gasteiger partial charge in [0.05, 0.1) is 0 Å². The van der Waals surface area contributed by atoms with Crippen LogP contribution in [0.2, 0.25) is 0 Å². The van der Waals surface area contributed by atoms with Crippen LogP contribution in [0.5, 0.6) is 0 Å². The molecule has 1 aromatic heterocycles. The Hall–Kier alpha value is -1.55. The number of benzene rings is 1. The van der Waals surface area contributed by atoms with Crippen LogP contribution in [0, 0.1) is 13.8 Å². The fourth-order valence-electron chi connectivity index (χ4n) is 1.62. The van der Waals surface area contributed by atoms with Crippen LogP contribution >= 0.6 is 11.6 Å². The van der Waals surface area contributed by atoms with E-state index < -0.39 is 0 Å². The monoisotopic (exact) mass is 251 g/mol. The molecule has 1 atom stereocenters. The molecule has 0 aliphatic heterocycles. The first-order valence-corrected chi connectivity index (χ1v) is 5.81. The van der Waals surface area contributed by atoms with Crippen molar-refractivity contribution in [3.8, 4) is 0 Å². The molecule has 5 heteroatoms. The molecule has 0 fully saturated rings. The third kappa shape index (κ3) is 2.97. The molecule has 90 valence electrons. The van der Waals surface area contributed by atoms with Crippen LogP contribution in [-0.4, -0.2) is 10.2 Å². The molecule has 2 rings (SSSR count). The third-order valence-corrected chi connectivity index (χ3v) is 2.44. The Labute approximate surface area is 105 Å². The number of anilines is 2. The second-order valence-electron chi connectivity index (χ2n) is 4.06. The summed E-state index contributed by atoms with van der Waals surface area (Å²) in [6.07, 6.45) is 0. The lowest BCUT2D eigenvalue weighted by molar-refractivity contribution is 0.510. The number of aromatic nitrogens is 2. The number of halogens is 1. The fourth-order valence-corrected chi connectivity index (χ4v) is 1.70. The minimum Gasteiger partial charge on any atom is -0.406 e. The summed E-state index contributed by atoms with van der Waals surface area (Å²) in [5, 5.41) is 10.5. The number of hydrogen-bond acceptors (Lipinski definition) is 4. The molecule has 0 saturated carbocycles. The van der Waals surface area contributed by atoms with E-state index in [0.717, 1.165) is 5.69 Å². The van der Waals surface area contributed by atoms with Gasteiger partial charge in [0, 0.05) is 5.69 Å². The molecule has 0 amide bonds. The first-order valence-electron chi connectivity index (χ1n) is 5.37. The molecule has 1 N–H and O–H groups in total. The quantitative estimate of drug-likeness (QED) is 0.845. The summed E-state index contributed by atoms with van der Waals surface area (Å²) in [4.78, 5) is 0. The summed E-state index contributed by atoms with van der Waals surface area (Å²) in [5.41, 5.74) is 3.29. The highest BCUT2D eigenvalue weighted by molar-refractivity contribution is 6.20. The lowest BCUT2D eigenvalue weighted by Gasteiger charge is -2.04. The minimum atomic E-state index is -0.280. The van der Waals surface area contributed by atoms with E-state index in [1.54, 1.807) is 6.92 Å². The van der Waals surface area contributed by atoms with Gasteiger partial charge >= 0.3 is 6.01 Å². The van der Waals surface area contributed by atoms with E-state index in [4.69, 9.17) is 16.0 Å². The van der Waals surface area contributed by atoms with Gasteiger partial charge in [-0.2, -0.15) is 0 Å². The normalized spacial score (nSPS) is 12.5. The zero-order chi connectivity index (χ0) is 12.4. The topological polar surface area (TPSA) is 51.0 Å². The van der Waals surface area contributed by atoms with Crippen molar-refractivity contribution in [3.05, 3.63) is 35.2 Å². The summed E-state index contributed by atoms with van der Waals surface area (Å²) in [6, 6.07) is 6.49. The van der Waals surface area contributed by atoms with Gasteiger partial charge in [-0.05, 0) is 44.0 Å². The van der Waals surface area contributed by atoms with E-state index in [-0.39, 0.29) is 5.38 Å². The Morgan fingerprint density at radius 2 is 1.82 bits per heavy atom. The summed E-state index contributed by atoms with van der Waals surface area (Å²) in [7, 11) is 0. The van der Waals surface area contributed by atoms with E-state index in [1.165, 1.54) is 11.1 Å². The van der Waals surface area contributed by atoms with Crippen molar-refractivity contribution in [2.45, 2.75) is 26.1 Å². The summed E-state index contributed by atoms with van der Waals surface area (Å²) >= 11 is 5.85. The van der Waals surface area contributed by atoms with Gasteiger partial charge in [0.15, 0.2) is 0 Å². The summed E-state index contributed by atoms with van der Waals surface area (Å²) < 4.78 is 5.36. The van der Waals surface area contributed by atoms with E-state index in [2.05, 4.69) is 21.6 Å². The second-order valence-corrected chi connectivity index (χ2v) is 4.72. The predicted octanol–water partition coefficient (Wildman–Crippen LogP) is 3.73. The van der Waals surface area contributed by atoms with Crippen LogP contribution in [0.1, 0.15) is 29.3 Å². The molecule has 0 bridgehead atoms. The molecular formula is C12H14ClN3O. The van der Waals surface area contributed by atoms with Crippen LogP contribution in [-0.2, 0) is 0 Å². The third-order valence-electron chi connectivity index (χ3n) is 2.25. The van der Waals surface area contributed by atoms with E-state index in [1.807, 2.05) is 26.0 Å². The van der Waals surface area contributed by atoms with Gasteiger partial charge in [0.25, 0.3) is 0 Å². The highest BCUT2D eigenvalue weighted by Crippen LogP contribution is 2.22. The van der Waals surface area contributed by atoms with Gasteiger partial charge in [0.2, 0.25) is 5.89 Å². The maximum absolute atomic E-state index is 5.85. The van der Waals surface area contributed by atoms with E-state index in [9.17, 15) is 0 Å². The molecule has 1 unspecified atom stereocenters. The summed E-state index contributed by atoms with van der Waals surface area (Å²) in [5.74, 6) is 0.415. The van der Waals surface area contributed by atoms with Crippen LogP contribution in [0.3, 0.4) is 0 Å². The second kappa shape index (κ2) is 4.75. The number of rotatable bonds is 3. The Morgan fingerprint density at radius 1 is 1.18 bits per heavy atom. The van der Waals surface area contributed by atoms with Crippen molar-refractivity contribution in [1.29, 1.82) is 0 Å². The van der Waals surface area contributed by atoms with Crippen LogP contribution in [0.4, 0.5) is 11.7 Å². The molecule has 0 aliphatic carbocycles. The number of alkyl halides is 1. The van der Waals surface area contributed by atoms with Gasteiger partial charge in [-0.15, -0.1) is 16.7 Å². The smallest absolute Gasteiger partial charge is 0.320 e. The zero-order valence-electron chi connectivity index (χ0n) is 9.99. The van der Waals surface area contributed by atoms with Crippen molar-refractivity contribution in [3.63, 3.8) is 0 Å². The fraction of sp³-hybridized carbons (Fsp3) is 0.333. The van der Waals surface area contributed by atoms with Gasteiger partial charge in [-0.1, -0.05) is 11.2 Å². The lowest BCUT2D eigenvalue weighted by atomic mass is 10.1. The number of nitrogens with zero attached hydrogens (tertiary/aromatic N) is 2. The molecule has 0 saturated heterocycles. The van der Waals surface area contributed by atoms with E-state index >= 15 is 0 Å². The molecule has 0 radical (unpaired) electrons. The van der Waals surface area contributed by atoms with Gasteiger partial charge in [-0.3, -0.25) is 0 Å². The maximum atomic E-state index is 5.85. The largest absolute Gasteiger partial charge is 0.406 e.